The number of likely N-dealkylation sites (tertiary alicyclic amines) is 1. The first-order valence-corrected chi connectivity index (χ1v) is 7.66. The predicted octanol–water partition coefficient (Wildman–Crippen LogP) is 2.36. The summed E-state index contributed by atoms with van der Waals surface area (Å²) in [4.78, 5) is 6.96. The molecule has 0 unspecified atom stereocenters. The highest BCUT2D eigenvalue weighted by molar-refractivity contribution is 14.0. The van der Waals surface area contributed by atoms with Gasteiger partial charge in [-0.1, -0.05) is 12.2 Å². The fourth-order valence-electron chi connectivity index (χ4n) is 2.68. The lowest BCUT2D eigenvalue weighted by Gasteiger charge is -2.33. The van der Waals surface area contributed by atoms with E-state index in [1.54, 1.807) is 0 Å². The van der Waals surface area contributed by atoms with E-state index in [0.717, 1.165) is 25.0 Å². The molecule has 0 radical (unpaired) electrons. The quantitative estimate of drug-likeness (QED) is 0.248. The Kier molecular flexibility index (Phi) is 8.52. The molecular formula is C15H29IN4. The zero-order chi connectivity index (χ0) is 13.5. The van der Waals surface area contributed by atoms with Gasteiger partial charge in [0.05, 0.1) is 0 Å². The van der Waals surface area contributed by atoms with Crippen LogP contribution in [0, 0.1) is 0 Å². The van der Waals surface area contributed by atoms with Gasteiger partial charge in [0.1, 0.15) is 0 Å². The number of rotatable bonds is 5. The first-order valence-electron chi connectivity index (χ1n) is 7.66. The summed E-state index contributed by atoms with van der Waals surface area (Å²) in [6.07, 6.45) is 10.6. The number of hydrogen-bond donors (Lipinski definition) is 2. The van der Waals surface area contributed by atoms with Gasteiger partial charge >= 0.3 is 0 Å². The third-order valence-corrected chi connectivity index (χ3v) is 4.00. The predicted molar refractivity (Wildman–Crippen MR) is 97.0 cm³/mol. The summed E-state index contributed by atoms with van der Waals surface area (Å²) in [6.45, 7) is 5.50. The topological polar surface area (TPSA) is 39.7 Å². The van der Waals surface area contributed by atoms with Crippen molar-refractivity contribution >= 4 is 29.9 Å². The van der Waals surface area contributed by atoms with Gasteiger partial charge in [-0.15, -0.1) is 24.0 Å². The Morgan fingerprint density at radius 3 is 2.50 bits per heavy atom. The first-order chi connectivity index (χ1) is 9.33. The van der Waals surface area contributed by atoms with Crippen LogP contribution in [0.3, 0.4) is 0 Å². The second kappa shape index (κ2) is 9.60. The maximum Gasteiger partial charge on any atom is 0.191 e. The van der Waals surface area contributed by atoms with E-state index >= 15 is 0 Å². The van der Waals surface area contributed by atoms with Crippen LogP contribution in [0.1, 0.15) is 39.0 Å². The minimum absolute atomic E-state index is 0. The summed E-state index contributed by atoms with van der Waals surface area (Å²) in [5.41, 5.74) is 0. The SMILES string of the molecule is C/C=C/CCNC(=NC)NC1CCN(C2CC2)CC1.I. The number of allylic oxidation sites excluding steroid dienone is 1. The van der Waals surface area contributed by atoms with E-state index in [-0.39, 0.29) is 24.0 Å². The third-order valence-electron chi connectivity index (χ3n) is 4.00. The van der Waals surface area contributed by atoms with Crippen molar-refractivity contribution in [3.63, 3.8) is 0 Å². The average Bonchev–Trinajstić information content (AvgIpc) is 3.27. The van der Waals surface area contributed by atoms with Crippen LogP contribution >= 0.6 is 24.0 Å². The maximum absolute atomic E-state index is 4.30. The zero-order valence-electron chi connectivity index (χ0n) is 12.8. The van der Waals surface area contributed by atoms with Crippen molar-refractivity contribution in [2.45, 2.75) is 51.1 Å². The fraction of sp³-hybridized carbons (Fsp3) is 0.800. The van der Waals surface area contributed by atoms with Crippen LogP contribution < -0.4 is 10.6 Å². The van der Waals surface area contributed by atoms with Crippen LogP contribution in [0.5, 0.6) is 0 Å². The van der Waals surface area contributed by atoms with Gasteiger partial charge in [-0.25, -0.2) is 0 Å². The highest BCUT2D eigenvalue weighted by Gasteiger charge is 2.31. The molecule has 4 nitrogen and oxygen atoms in total. The minimum Gasteiger partial charge on any atom is -0.356 e. The molecule has 0 aromatic rings. The van der Waals surface area contributed by atoms with E-state index in [1.165, 1.54) is 38.8 Å². The van der Waals surface area contributed by atoms with Crippen molar-refractivity contribution in [3.05, 3.63) is 12.2 Å². The first kappa shape index (κ1) is 17.8. The lowest BCUT2D eigenvalue weighted by molar-refractivity contribution is 0.197. The van der Waals surface area contributed by atoms with Crippen molar-refractivity contribution in [1.82, 2.24) is 15.5 Å². The van der Waals surface area contributed by atoms with Crippen molar-refractivity contribution in [2.24, 2.45) is 4.99 Å². The molecular weight excluding hydrogens is 363 g/mol. The Balaban J connectivity index is 0.00000200. The van der Waals surface area contributed by atoms with Gasteiger partial charge < -0.3 is 15.5 Å². The summed E-state index contributed by atoms with van der Waals surface area (Å²) in [6, 6.07) is 1.50. The van der Waals surface area contributed by atoms with Crippen LogP contribution in [0.4, 0.5) is 0 Å². The molecule has 0 atom stereocenters. The van der Waals surface area contributed by atoms with Crippen LogP contribution in [0.15, 0.2) is 17.1 Å². The lowest BCUT2D eigenvalue weighted by Crippen LogP contribution is -2.49. The highest BCUT2D eigenvalue weighted by atomic mass is 127. The van der Waals surface area contributed by atoms with Crippen LogP contribution in [0.2, 0.25) is 0 Å². The third kappa shape index (κ3) is 5.99. The number of nitrogens with one attached hydrogen (secondary N) is 2. The molecule has 0 bridgehead atoms. The molecule has 1 aliphatic heterocycles. The number of halogens is 1. The summed E-state index contributed by atoms with van der Waals surface area (Å²) < 4.78 is 0. The number of guanidine groups is 1. The number of aliphatic imine (C=N–C) groups is 1. The molecule has 116 valence electrons. The van der Waals surface area contributed by atoms with Gasteiger partial charge in [0.2, 0.25) is 0 Å². The summed E-state index contributed by atoms with van der Waals surface area (Å²) in [5.74, 6) is 0.953. The van der Waals surface area contributed by atoms with Crippen molar-refractivity contribution < 1.29 is 0 Å². The zero-order valence-corrected chi connectivity index (χ0v) is 15.1. The molecule has 2 rings (SSSR count). The van der Waals surface area contributed by atoms with Gasteiger partial charge in [0.15, 0.2) is 5.96 Å². The molecule has 0 amide bonds. The Bertz CT molecular complexity index is 318. The van der Waals surface area contributed by atoms with Gasteiger partial charge in [0, 0.05) is 38.8 Å². The molecule has 1 aliphatic carbocycles. The normalized spacial score (nSPS) is 21.8. The summed E-state index contributed by atoms with van der Waals surface area (Å²) in [7, 11) is 1.85. The molecule has 1 heterocycles. The molecule has 2 N–H and O–H groups in total. The maximum atomic E-state index is 4.30. The van der Waals surface area contributed by atoms with Crippen LogP contribution in [-0.2, 0) is 0 Å². The second-order valence-electron chi connectivity index (χ2n) is 5.54. The van der Waals surface area contributed by atoms with Crippen LogP contribution in [0.25, 0.3) is 0 Å². The van der Waals surface area contributed by atoms with Gasteiger partial charge in [-0.3, -0.25) is 4.99 Å². The summed E-state index contributed by atoms with van der Waals surface area (Å²) >= 11 is 0. The van der Waals surface area contributed by atoms with Crippen molar-refractivity contribution in [2.75, 3.05) is 26.7 Å². The molecule has 2 aliphatic rings. The molecule has 0 aromatic carbocycles. The standard InChI is InChI=1S/C15H28N4.HI/c1-3-4-5-10-17-15(16-2)18-13-8-11-19(12-9-13)14-6-7-14;/h3-4,13-14H,5-12H2,1-2H3,(H2,16,17,18);1H/b4-3+;. The van der Waals surface area contributed by atoms with Crippen LogP contribution in [-0.4, -0.2) is 49.6 Å². The Labute approximate surface area is 140 Å². The van der Waals surface area contributed by atoms with Gasteiger partial charge in [0.25, 0.3) is 0 Å². The molecule has 0 aromatic heterocycles. The largest absolute Gasteiger partial charge is 0.356 e. The number of piperidine rings is 1. The number of nitrogens with zero attached hydrogens (tertiary/aromatic N) is 2. The fourth-order valence-corrected chi connectivity index (χ4v) is 2.68. The molecule has 0 spiro atoms. The molecule has 2 fully saturated rings. The molecule has 1 saturated heterocycles. The molecule has 5 heteroatoms. The van der Waals surface area contributed by atoms with E-state index < -0.39 is 0 Å². The monoisotopic (exact) mass is 392 g/mol. The van der Waals surface area contributed by atoms with E-state index in [4.69, 9.17) is 0 Å². The molecule has 20 heavy (non-hydrogen) atoms. The summed E-state index contributed by atoms with van der Waals surface area (Å²) in [5, 5.41) is 6.92. The van der Waals surface area contributed by atoms with Gasteiger partial charge in [-0.05, 0) is 39.0 Å². The highest BCUT2D eigenvalue weighted by Crippen LogP contribution is 2.29. The average molecular weight is 392 g/mol. The van der Waals surface area contributed by atoms with Crippen molar-refractivity contribution in [3.8, 4) is 0 Å². The van der Waals surface area contributed by atoms with Gasteiger partial charge in [-0.2, -0.15) is 0 Å². The Morgan fingerprint density at radius 1 is 1.25 bits per heavy atom. The molecule has 1 saturated carbocycles. The smallest absolute Gasteiger partial charge is 0.191 e. The second-order valence-corrected chi connectivity index (χ2v) is 5.54. The van der Waals surface area contributed by atoms with E-state index in [1.807, 2.05) is 7.05 Å². The number of hydrogen-bond acceptors (Lipinski definition) is 2. The Morgan fingerprint density at radius 2 is 1.95 bits per heavy atom. The van der Waals surface area contributed by atoms with Crippen molar-refractivity contribution in [1.29, 1.82) is 0 Å². The van der Waals surface area contributed by atoms with E-state index in [9.17, 15) is 0 Å². The van der Waals surface area contributed by atoms with E-state index in [0.29, 0.717) is 6.04 Å². The Hall–Kier alpha value is -0.300. The van der Waals surface area contributed by atoms with E-state index in [2.05, 4.69) is 39.6 Å². The lowest BCUT2D eigenvalue weighted by atomic mass is 10.1. The minimum atomic E-state index is 0.